The van der Waals surface area contributed by atoms with Crippen molar-refractivity contribution < 1.29 is 0 Å². The summed E-state index contributed by atoms with van der Waals surface area (Å²) in [7, 11) is 0. The van der Waals surface area contributed by atoms with Gasteiger partial charge in [-0.3, -0.25) is 0 Å². The first-order chi connectivity index (χ1) is 3.41. The summed E-state index contributed by atoms with van der Waals surface area (Å²) in [6.07, 6.45) is 2.34. The molecule has 0 aromatic heterocycles. The van der Waals surface area contributed by atoms with Crippen molar-refractivity contribution in [3.63, 3.8) is 0 Å². The minimum Gasteiger partial charge on any atom is -0.388 e. The second-order valence-electron chi connectivity index (χ2n) is 0.554. The first kappa shape index (κ1) is 5.56. The van der Waals surface area contributed by atoms with Crippen LogP contribution in [0.4, 0.5) is 0 Å². The van der Waals surface area contributed by atoms with E-state index in [9.17, 15) is 0 Å². The monoisotopic (exact) mass is 97.0 g/mol. The molecule has 0 aromatic carbocycles. The largest absolute Gasteiger partial charge is 0.388 e. The zero-order chi connectivity index (χ0) is 5.54. The van der Waals surface area contributed by atoms with E-state index in [1.54, 1.807) is 0 Å². The first-order valence-electron chi connectivity index (χ1n) is 1.44. The summed E-state index contributed by atoms with van der Waals surface area (Å²) in [5.74, 6) is 0. The van der Waals surface area contributed by atoms with Gasteiger partial charge in [0.05, 0.1) is 0 Å². The van der Waals surface area contributed by atoms with Gasteiger partial charge in [-0.05, 0) is 10.3 Å². The lowest BCUT2D eigenvalue weighted by atomic mass is 11.4. The van der Waals surface area contributed by atoms with Crippen molar-refractivity contribution in [3.8, 4) is 6.19 Å². The molecule has 5 nitrogen and oxygen atoms in total. The Morgan fingerprint density at radius 2 is 2.43 bits per heavy atom. The van der Waals surface area contributed by atoms with Gasteiger partial charge >= 0.3 is 0 Å². The van der Waals surface area contributed by atoms with Crippen molar-refractivity contribution in [2.45, 2.75) is 0 Å². The van der Waals surface area contributed by atoms with E-state index in [2.05, 4.69) is 15.4 Å². The van der Waals surface area contributed by atoms with Crippen LogP contribution in [0.1, 0.15) is 0 Å². The number of hydrogen-bond donors (Lipinski definition) is 1. The van der Waals surface area contributed by atoms with Crippen molar-refractivity contribution in [3.05, 3.63) is 0 Å². The molecule has 0 aliphatic rings. The van der Waals surface area contributed by atoms with Crippen LogP contribution in [0, 0.1) is 11.5 Å². The highest BCUT2D eigenvalue weighted by Crippen LogP contribution is 1.67. The zero-order valence-electron chi connectivity index (χ0n) is 3.44. The molecule has 7 heavy (non-hydrogen) atoms. The number of rotatable bonds is 1. The first-order valence-corrected chi connectivity index (χ1v) is 1.44. The highest BCUT2D eigenvalue weighted by Gasteiger charge is 1.55. The Balaban J connectivity index is 3.33. The summed E-state index contributed by atoms with van der Waals surface area (Å²) in [5.41, 5.74) is 4.71. The lowest BCUT2D eigenvalue weighted by molar-refractivity contribution is 1.06. The third kappa shape index (κ3) is 4.56. The van der Waals surface area contributed by atoms with E-state index in [0.29, 0.717) is 0 Å². The molecule has 0 atom stereocenters. The van der Waals surface area contributed by atoms with Crippen LogP contribution in [-0.2, 0) is 0 Å². The maximum absolute atomic E-state index is 7.67. The molecule has 0 spiro atoms. The van der Waals surface area contributed by atoms with Crippen LogP contribution in [0.3, 0.4) is 0 Å². The lowest BCUT2D eigenvalue weighted by Crippen LogP contribution is -1.84. The van der Waals surface area contributed by atoms with Gasteiger partial charge in [0, 0.05) is 0 Å². The highest BCUT2D eigenvalue weighted by molar-refractivity contribution is 5.50. The predicted molar refractivity (Wildman–Crippen MR) is 23.1 cm³/mol. The Labute approximate surface area is 40.1 Å². The summed E-state index contributed by atoms with van der Waals surface area (Å²) in [4.78, 5) is 0. The van der Waals surface area contributed by atoms with Gasteiger partial charge in [0.2, 0.25) is 6.19 Å². The molecule has 0 unspecified atom stereocenters. The van der Waals surface area contributed by atoms with Crippen molar-refractivity contribution in [1.82, 2.24) is 0 Å². The maximum Gasteiger partial charge on any atom is 0.227 e. The van der Waals surface area contributed by atoms with Crippen LogP contribution >= 0.6 is 0 Å². The number of hydrogen-bond acceptors (Lipinski definition) is 3. The minimum atomic E-state index is 0.945. The second kappa shape index (κ2) is 4.56. The van der Waals surface area contributed by atoms with Gasteiger partial charge in [0.25, 0.3) is 0 Å². The fraction of sp³-hybridized carbons (Fsp3) is 0. The average molecular weight is 97.1 g/mol. The summed E-state index contributed by atoms with van der Waals surface area (Å²) >= 11 is 0. The Morgan fingerprint density at radius 1 is 1.71 bits per heavy atom. The van der Waals surface area contributed by atoms with E-state index in [1.165, 1.54) is 6.19 Å². The molecule has 36 valence electrons. The Morgan fingerprint density at radius 3 is 2.86 bits per heavy atom. The second-order valence-corrected chi connectivity index (χ2v) is 0.554. The van der Waals surface area contributed by atoms with Crippen LogP contribution in [0.25, 0.3) is 0 Å². The highest BCUT2D eigenvalue weighted by atomic mass is 15.4. The molecule has 0 amide bonds. The molecular formula is C2H3N5. The molecule has 0 aliphatic carbocycles. The maximum atomic E-state index is 7.67. The van der Waals surface area contributed by atoms with Gasteiger partial charge in [0.15, 0.2) is 0 Å². The van der Waals surface area contributed by atoms with E-state index < -0.39 is 0 Å². The van der Waals surface area contributed by atoms with E-state index >= 15 is 0 Å². The third-order valence-electron chi connectivity index (χ3n) is 0.208. The molecule has 0 fully saturated rings. The molecule has 0 heterocycles. The van der Waals surface area contributed by atoms with Crippen LogP contribution in [0.15, 0.2) is 15.4 Å². The SMILES string of the molecule is N#CN=NN=CN. The van der Waals surface area contributed by atoms with Gasteiger partial charge < -0.3 is 5.73 Å². The van der Waals surface area contributed by atoms with Gasteiger partial charge in [-0.15, -0.1) is 5.10 Å². The topological polar surface area (TPSA) is 86.9 Å². The summed E-state index contributed by atoms with van der Waals surface area (Å²) in [5, 5.41) is 16.4. The molecule has 0 bridgehead atoms. The molecular weight excluding hydrogens is 94.1 g/mol. The molecule has 0 radical (unpaired) electrons. The molecule has 0 aliphatic heterocycles. The summed E-state index contributed by atoms with van der Waals surface area (Å²) < 4.78 is 0. The van der Waals surface area contributed by atoms with E-state index in [1.807, 2.05) is 0 Å². The van der Waals surface area contributed by atoms with E-state index in [0.717, 1.165) is 6.34 Å². The standard InChI is InChI=1S/C2H3N5/c3-1-5-7-6-2-4/h1H,(H2,3,5,6). The van der Waals surface area contributed by atoms with Gasteiger partial charge in [-0.1, -0.05) is 0 Å². The Kier molecular flexibility index (Phi) is 3.62. The molecule has 0 rings (SSSR count). The summed E-state index contributed by atoms with van der Waals surface area (Å²) in [6, 6.07) is 0. The number of nitriles is 1. The predicted octanol–water partition coefficient (Wildman–Crippen LogP) is -0.178. The van der Waals surface area contributed by atoms with Crippen molar-refractivity contribution >= 4 is 6.34 Å². The molecule has 5 heteroatoms. The molecule has 0 saturated carbocycles. The van der Waals surface area contributed by atoms with E-state index in [-0.39, 0.29) is 0 Å². The van der Waals surface area contributed by atoms with Gasteiger partial charge in [0.1, 0.15) is 6.34 Å². The third-order valence-corrected chi connectivity index (χ3v) is 0.208. The quantitative estimate of drug-likeness (QED) is 0.162. The smallest absolute Gasteiger partial charge is 0.227 e. The van der Waals surface area contributed by atoms with Crippen molar-refractivity contribution in [2.75, 3.05) is 0 Å². The fourth-order valence-corrected chi connectivity index (χ4v) is 0.0756. The number of nitrogens with two attached hydrogens (primary N) is 1. The normalized spacial score (nSPS) is 10.1. The summed E-state index contributed by atoms with van der Waals surface area (Å²) in [6.45, 7) is 0. The number of nitrogens with zero attached hydrogens (tertiary/aromatic N) is 4. The molecule has 2 N–H and O–H groups in total. The van der Waals surface area contributed by atoms with Gasteiger partial charge in [-0.2, -0.15) is 5.26 Å². The van der Waals surface area contributed by atoms with Crippen LogP contribution in [-0.4, -0.2) is 6.34 Å². The Hall–Kier alpha value is -1.44. The minimum absolute atomic E-state index is 0.945. The van der Waals surface area contributed by atoms with Gasteiger partial charge in [-0.25, -0.2) is 0 Å². The van der Waals surface area contributed by atoms with Crippen LogP contribution < -0.4 is 5.73 Å². The van der Waals surface area contributed by atoms with Crippen molar-refractivity contribution in [1.29, 1.82) is 5.26 Å². The average Bonchev–Trinajstić information content (AvgIpc) is 1.69. The van der Waals surface area contributed by atoms with Crippen LogP contribution in [0.2, 0.25) is 0 Å². The van der Waals surface area contributed by atoms with Crippen molar-refractivity contribution in [2.24, 2.45) is 21.2 Å². The fourth-order valence-electron chi connectivity index (χ4n) is 0.0756. The zero-order valence-corrected chi connectivity index (χ0v) is 3.44. The molecule has 0 saturated heterocycles. The molecule has 0 aromatic rings. The lowest BCUT2D eigenvalue weighted by Gasteiger charge is -1.61. The van der Waals surface area contributed by atoms with Crippen LogP contribution in [0.5, 0.6) is 0 Å². The van der Waals surface area contributed by atoms with E-state index in [4.69, 9.17) is 11.0 Å². The Bertz CT molecular complexity index is 117.